The molecule has 0 saturated heterocycles. The number of esters is 1. The molecule has 0 spiro atoms. The number of halogens is 1. The van der Waals surface area contributed by atoms with Gasteiger partial charge in [-0.05, 0) is 43.7 Å². The lowest BCUT2D eigenvalue weighted by molar-refractivity contribution is -0.144. The Morgan fingerprint density at radius 3 is 2.85 bits per heavy atom. The molecule has 1 aliphatic carbocycles. The smallest absolute Gasteiger partial charge is 0.306 e. The van der Waals surface area contributed by atoms with Crippen LogP contribution in [0.25, 0.3) is 0 Å². The molecule has 1 saturated carbocycles. The van der Waals surface area contributed by atoms with E-state index in [-0.39, 0.29) is 17.9 Å². The Labute approximate surface area is 125 Å². The van der Waals surface area contributed by atoms with Crippen LogP contribution in [0, 0.1) is 5.92 Å². The second-order valence-corrected chi connectivity index (χ2v) is 5.89. The largest absolute Gasteiger partial charge is 0.466 e. The van der Waals surface area contributed by atoms with Crippen molar-refractivity contribution in [2.45, 2.75) is 44.6 Å². The third-order valence-electron chi connectivity index (χ3n) is 4.08. The van der Waals surface area contributed by atoms with Gasteiger partial charge in [0.2, 0.25) is 0 Å². The third-order valence-corrected chi connectivity index (χ3v) is 4.42. The Hall–Kier alpha value is -1.06. The van der Waals surface area contributed by atoms with Crippen molar-refractivity contribution in [2.75, 3.05) is 6.61 Å². The maximum Gasteiger partial charge on any atom is 0.306 e. The molecule has 3 atom stereocenters. The second-order valence-electron chi connectivity index (χ2n) is 5.48. The third kappa shape index (κ3) is 3.74. The Bertz CT molecular complexity index is 464. The van der Waals surface area contributed by atoms with Crippen LogP contribution >= 0.6 is 11.6 Å². The number of ether oxygens (including phenoxy) is 1. The van der Waals surface area contributed by atoms with E-state index in [1.165, 1.54) is 0 Å². The topological polar surface area (TPSA) is 52.3 Å². The van der Waals surface area contributed by atoms with Crippen molar-refractivity contribution in [1.29, 1.82) is 0 Å². The van der Waals surface area contributed by atoms with E-state index in [0.29, 0.717) is 18.9 Å². The van der Waals surface area contributed by atoms with Gasteiger partial charge in [-0.3, -0.25) is 4.79 Å². The molecule has 20 heavy (non-hydrogen) atoms. The van der Waals surface area contributed by atoms with Crippen LogP contribution in [0.5, 0.6) is 0 Å². The van der Waals surface area contributed by atoms with Crippen LogP contribution in [0.4, 0.5) is 0 Å². The first-order chi connectivity index (χ1) is 9.61. The summed E-state index contributed by atoms with van der Waals surface area (Å²) in [5.41, 5.74) is 7.36. The number of benzene rings is 1. The molecule has 2 N–H and O–H groups in total. The van der Waals surface area contributed by atoms with E-state index in [4.69, 9.17) is 22.1 Å². The average molecular weight is 296 g/mol. The van der Waals surface area contributed by atoms with Gasteiger partial charge in [0, 0.05) is 23.4 Å². The fraction of sp³-hybridized carbons (Fsp3) is 0.562. The van der Waals surface area contributed by atoms with E-state index in [1.54, 1.807) is 0 Å². The van der Waals surface area contributed by atoms with Gasteiger partial charge in [0.25, 0.3) is 0 Å². The molecule has 2 rings (SSSR count). The fourth-order valence-corrected chi connectivity index (χ4v) is 3.33. The van der Waals surface area contributed by atoms with Gasteiger partial charge in [-0.2, -0.15) is 0 Å². The molecule has 0 heterocycles. The van der Waals surface area contributed by atoms with E-state index in [0.717, 1.165) is 29.8 Å². The van der Waals surface area contributed by atoms with Gasteiger partial charge < -0.3 is 10.5 Å². The summed E-state index contributed by atoms with van der Waals surface area (Å²) in [6.07, 6.45) is 3.31. The normalized spacial score (nSPS) is 26.2. The SMILES string of the molecule is CCOC(=O)CC1CC[C@@H](N)[C@H](c2ccccc2Cl)C1. The maximum absolute atomic E-state index is 11.6. The van der Waals surface area contributed by atoms with Crippen molar-refractivity contribution in [3.05, 3.63) is 34.9 Å². The van der Waals surface area contributed by atoms with E-state index < -0.39 is 0 Å². The summed E-state index contributed by atoms with van der Waals surface area (Å²) in [6.45, 7) is 2.28. The molecule has 0 aromatic heterocycles. The molecular formula is C16H22ClNO2. The average Bonchev–Trinajstić information content (AvgIpc) is 2.42. The quantitative estimate of drug-likeness (QED) is 0.865. The summed E-state index contributed by atoms with van der Waals surface area (Å²) >= 11 is 6.28. The highest BCUT2D eigenvalue weighted by atomic mass is 35.5. The van der Waals surface area contributed by atoms with E-state index >= 15 is 0 Å². The van der Waals surface area contributed by atoms with Crippen molar-refractivity contribution in [3.8, 4) is 0 Å². The predicted octanol–water partition coefficient (Wildman–Crippen LogP) is 3.50. The summed E-state index contributed by atoms with van der Waals surface area (Å²) < 4.78 is 5.04. The molecule has 1 aromatic rings. The maximum atomic E-state index is 11.6. The van der Waals surface area contributed by atoms with Crippen LogP contribution in [0.1, 0.15) is 44.1 Å². The summed E-state index contributed by atoms with van der Waals surface area (Å²) in [5, 5.41) is 0.768. The van der Waals surface area contributed by atoms with Gasteiger partial charge in [0.1, 0.15) is 0 Å². The highest BCUT2D eigenvalue weighted by Gasteiger charge is 2.31. The Morgan fingerprint density at radius 2 is 2.15 bits per heavy atom. The molecule has 0 aliphatic heterocycles. The lowest BCUT2D eigenvalue weighted by atomic mass is 9.74. The zero-order valence-corrected chi connectivity index (χ0v) is 12.6. The van der Waals surface area contributed by atoms with E-state index in [1.807, 2.05) is 31.2 Å². The number of hydrogen-bond acceptors (Lipinski definition) is 3. The summed E-state index contributed by atoms with van der Waals surface area (Å²) in [6, 6.07) is 7.98. The van der Waals surface area contributed by atoms with Crippen molar-refractivity contribution < 1.29 is 9.53 Å². The van der Waals surface area contributed by atoms with Crippen LogP contribution < -0.4 is 5.73 Å². The molecule has 0 bridgehead atoms. The van der Waals surface area contributed by atoms with Crippen molar-refractivity contribution >= 4 is 17.6 Å². The van der Waals surface area contributed by atoms with Crippen LogP contribution in [0.15, 0.2) is 24.3 Å². The summed E-state index contributed by atoms with van der Waals surface area (Å²) in [5.74, 6) is 0.470. The molecule has 1 aliphatic rings. The van der Waals surface area contributed by atoms with Crippen LogP contribution in [0.2, 0.25) is 5.02 Å². The zero-order chi connectivity index (χ0) is 14.5. The molecule has 1 fully saturated rings. The molecule has 110 valence electrons. The minimum Gasteiger partial charge on any atom is -0.466 e. The molecule has 3 nitrogen and oxygen atoms in total. The number of nitrogens with two attached hydrogens (primary N) is 1. The highest BCUT2D eigenvalue weighted by molar-refractivity contribution is 6.31. The van der Waals surface area contributed by atoms with Crippen LogP contribution in [-0.4, -0.2) is 18.6 Å². The number of rotatable bonds is 4. The highest BCUT2D eigenvalue weighted by Crippen LogP contribution is 2.39. The van der Waals surface area contributed by atoms with Gasteiger partial charge in [-0.25, -0.2) is 0 Å². The van der Waals surface area contributed by atoms with E-state index in [2.05, 4.69) is 0 Å². The standard InChI is InChI=1S/C16H22ClNO2/c1-2-20-16(19)10-11-7-8-15(18)13(9-11)12-5-3-4-6-14(12)17/h3-6,11,13,15H,2,7-10,18H2,1H3/t11?,13-,15+/m0/s1. The lowest BCUT2D eigenvalue weighted by Gasteiger charge is -2.34. The number of carbonyl (C=O) groups excluding carboxylic acids is 1. The Morgan fingerprint density at radius 1 is 1.40 bits per heavy atom. The molecular weight excluding hydrogens is 274 g/mol. The Balaban J connectivity index is 2.05. The minimum atomic E-state index is -0.106. The number of hydrogen-bond donors (Lipinski definition) is 1. The first-order valence-electron chi connectivity index (χ1n) is 7.27. The van der Waals surface area contributed by atoms with Crippen LogP contribution in [-0.2, 0) is 9.53 Å². The van der Waals surface area contributed by atoms with Gasteiger partial charge in [-0.15, -0.1) is 0 Å². The first-order valence-corrected chi connectivity index (χ1v) is 7.65. The number of carbonyl (C=O) groups is 1. The first kappa shape index (κ1) is 15.3. The van der Waals surface area contributed by atoms with E-state index in [9.17, 15) is 4.79 Å². The van der Waals surface area contributed by atoms with Crippen molar-refractivity contribution in [1.82, 2.24) is 0 Å². The van der Waals surface area contributed by atoms with Crippen molar-refractivity contribution in [2.24, 2.45) is 11.7 Å². The monoisotopic (exact) mass is 295 g/mol. The molecule has 4 heteroatoms. The van der Waals surface area contributed by atoms with Gasteiger partial charge in [0.05, 0.1) is 6.61 Å². The predicted molar refractivity (Wildman–Crippen MR) is 80.8 cm³/mol. The summed E-state index contributed by atoms with van der Waals surface area (Å²) in [7, 11) is 0. The zero-order valence-electron chi connectivity index (χ0n) is 11.8. The fourth-order valence-electron chi connectivity index (χ4n) is 3.06. The molecule has 0 amide bonds. The molecule has 1 unspecified atom stereocenters. The summed E-state index contributed by atoms with van der Waals surface area (Å²) in [4.78, 5) is 11.6. The van der Waals surface area contributed by atoms with Gasteiger partial charge >= 0.3 is 5.97 Å². The molecule has 1 aromatic carbocycles. The molecule has 0 radical (unpaired) electrons. The van der Waals surface area contributed by atoms with Crippen molar-refractivity contribution in [3.63, 3.8) is 0 Å². The minimum absolute atomic E-state index is 0.106. The lowest BCUT2D eigenvalue weighted by Crippen LogP contribution is -2.35. The van der Waals surface area contributed by atoms with Gasteiger partial charge in [-0.1, -0.05) is 29.8 Å². The van der Waals surface area contributed by atoms with Crippen LogP contribution in [0.3, 0.4) is 0 Å². The van der Waals surface area contributed by atoms with Gasteiger partial charge in [0.15, 0.2) is 0 Å². The second kappa shape index (κ2) is 7.09. The Kier molecular flexibility index (Phi) is 5.44.